The van der Waals surface area contributed by atoms with Crippen molar-refractivity contribution in [2.75, 3.05) is 17.3 Å². The van der Waals surface area contributed by atoms with Crippen molar-refractivity contribution in [3.8, 4) is 5.75 Å². The van der Waals surface area contributed by atoms with Gasteiger partial charge in [0.25, 0.3) is 11.8 Å². The number of benzene rings is 3. The van der Waals surface area contributed by atoms with Gasteiger partial charge in [-0.15, -0.1) is 0 Å². The van der Waals surface area contributed by atoms with Crippen LogP contribution in [0.4, 0.5) is 15.8 Å². The highest BCUT2D eigenvalue weighted by Gasteiger charge is 2.41. The third-order valence-corrected chi connectivity index (χ3v) is 5.55. The van der Waals surface area contributed by atoms with E-state index in [1.807, 2.05) is 12.1 Å². The zero-order valence-electron chi connectivity index (χ0n) is 19.0. The van der Waals surface area contributed by atoms with Crippen LogP contribution in [0.25, 0.3) is 5.57 Å². The van der Waals surface area contributed by atoms with Gasteiger partial charge in [0.1, 0.15) is 17.3 Å². The smallest absolute Gasteiger partial charge is 0.282 e. The van der Waals surface area contributed by atoms with Crippen LogP contribution in [0, 0.1) is 5.82 Å². The third kappa shape index (κ3) is 4.24. The Hall–Kier alpha value is -3.93. The van der Waals surface area contributed by atoms with Crippen molar-refractivity contribution in [1.29, 1.82) is 0 Å². The summed E-state index contributed by atoms with van der Waals surface area (Å²) in [5.74, 6) is -0.997. The van der Waals surface area contributed by atoms with E-state index < -0.39 is 17.6 Å². The Morgan fingerprint density at radius 3 is 2.21 bits per heavy atom. The summed E-state index contributed by atoms with van der Waals surface area (Å²) >= 11 is 0. The summed E-state index contributed by atoms with van der Waals surface area (Å²) in [6.45, 7) is 6.28. The third-order valence-electron chi connectivity index (χ3n) is 5.55. The molecule has 0 bridgehead atoms. The molecular weight excluding hydrogens is 419 g/mol. The van der Waals surface area contributed by atoms with Crippen molar-refractivity contribution in [2.45, 2.75) is 26.2 Å². The van der Waals surface area contributed by atoms with E-state index in [2.05, 4.69) is 26.1 Å². The monoisotopic (exact) mass is 444 g/mol. The first-order chi connectivity index (χ1) is 15.7. The lowest BCUT2D eigenvalue weighted by atomic mass is 9.87. The number of hydrogen-bond acceptors (Lipinski definition) is 4. The van der Waals surface area contributed by atoms with Crippen LogP contribution in [0.5, 0.6) is 5.75 Å². The minimum absolute atomic E-state index is 0.0648. The van der Waals surface area contributed by atoms with E-state index in [0.717, 1.165) is 10.5 Å². The number of anilines is 2. The predicted octanol–water partition coefficient (Wildman–Crippen LogP) is 5.53. The van der Waals surface area contributed by atoms with E-state index in [4.69, 9.17) is 4.74 Å². The van der Waals surface area contributed by atoms with E-state index in [9.17, 15) is 14.0 Å². The lowest BCUT2D eigenvalue weighted by molar-refractivity contribution is -0.120. The maximum absolute atomic E-state index is 13.8. The zero-order chi connectivity index (χ0) is 23.8. The van der Waals surface area contributed by atoms with Crippen molar-refractivity contribution in [3.63, 3.8) is 0 Å². The highest BCUT2D eigenvalue weighted by molar-refractivity contribution is 6.46. The van der Waals surface area contributed by atoms with Crippen molar-refractivity contribution < 1.29 is 18.7 Å². The van der Waals surface area contributed by atoms with Crippen LogP contribution in [-0.4, -0.2) is 18.9 Å². The highest BCUT2D eigenvalue weighted by atomic mass is 19.1. The standard InChI is InChI=1S/C27H25FN2O3/c1-27(2,3)17-12-14-20(15-13-17)30-25(31)23(21-10-5-6-11-22(21)33-4)24(26(30)32)29-19-9-7-8-18(28)16-19/h5-16,29H,1-4H3. The van der Waals surface area contributed by atoms with Gasteiger partial charge in [0.15, 0.2) is 0 Å². The van der Waals surface area contributed by atoms with E-state index in [1.54, 1.807) is 42.5 Å². The Balaban J connectivity index is 1.82. The number of nitrogens with one attached hydrogen (secondary N) is 1. The lowest BCUT2D eigenvalue weighted by Gasteiger charge is -2.21. The Labute approximate surface area is 192 Å². The van der Waals surface area contributed by atoms with Crippen molar-refractivity contribution >= 4 is 28.8 Å². The van der Waals surface area contributed by atoms with Crippen LogP contribution in [0.15, 0.2) is 78.5 Å². The number of ether oxygens (including phenoxy) is 1. The summed E-state index contributed by atoms with van der Waals surface area (Å²) < 4.78 is 19.2. The maximum Gasteiger partial charge on any atom is 0.282 e. The van der Waals surface area contributed by atoms with Crippen molar-refractivity contribution in [2.24, 2.45) is 0 Å². The summed E-state index contributed by atoms with van der Waals surface area (Å²) in [5.41, 5.74) is 2.55. The van der Waals surface area contributed by atoms with Gasteiger partial charge < -0.3 is 10.1 Å². The maximum atomic E-state index is 13.8. The van der Waals surface area contributed by atoms with Gasteiger partial charge in [-0.3, -0.25) is 9.59 Å². The van der Waals surface area contributed by atoms with Gasteiger partial charge in [0, 0.05) is 11.3 Å². The topological polar surface area (TPSA) is 58.6 Å². The molecule has 4 rings (SSSR count). The lowest BCUT2D eigenvalue weighted by Crippen LogP contribution is -2.32. The number of para-hydroxylation sites is 1. The quantitative estimate of drug-likeness (QED) is 0.526. The van der Waals surface area contributed by atoms with Crippen LogP contribution in [0.2, 0.25) is 0 Å². The largest absolute Gasteiger partial charge is 0.496 e. The first kappa shape index (κ1) is 22.3. The van der Waals surface area contributed by atoms with Gasteiger partial charge in [-0.05, 0) is 47.4 Å². The molecule has 1 heterocycles. The molecule has 3 aromatic carbocycles. The Morgan fingerprint density at radius 2 is 1.58 bits per heavy atom. The average Bonchev–Trinajstić information content (AvgIpc) is 3.02. The Kier molecular flexibility index (Phi) is 5.77. The predicted molar refractivity (Wildman–Crippen MR) is 128 cm³/mol. The second-order valence-electron chi connectivity index (χ2n) is 8.83. The molecule has 0 saturated carbocycles. The first-order valence-corrected chi connectivity index (χ1v) is 10.6. The number of halogens is 1. The number of nitrogens with zero attached hydrogens (tertiary/aromatic N) is 1. The molecule has 0 atom stereocenters. The molecule has 0 spiro atoms. The molecule has 1 aliphatic rings. The van der Waals surface area contributed by atoms with E-state index >= 15 is 0 Å². The molecular formula is C27H25FN2O3. The second kappa shape index (κ2) is 8.54. The van der Waals surface area contributed by atoms with Gasteiger partial charge in [0.2, 0.25) is 0 Å². The molecule has 0 saturated heterocycles. The minimum atomic E-state index is -0.520. The molecule has 0 unspecified atom stereocenters. The molecule has 0 fully saturated rings. The molecule has 0 radical (unpaired) electrons. The van der Waals surface area contributed by atoms with Gasteiger partial charge in [-0.2, -0.15) is 0 Å². The average molecular weight is 445 g/mol. The number of rotatable bonds is 5. The second-order valence-corrected chi connectivity index (χ2v) is 8.83. The summed E-state index contributed by atoms with van der Waals surface area (Å²) in [6, 6.07) is 20.1. The van der Waals surface area contributed by atoms with Crippen molar-refractivity contribution in [3.05, 3.63) is 95.4 Å². The first-order valence-electron chi connectivity index (χ1n) is 10.6. The molecule has 0 aromatic heterocycles. The minimum Gasteiger partial charge on any atom is -0.496 e. The van der Waals surface area contributed by atoms with E-state index in [0.29, 0.717) is 22.7 Å². The Bertz CT molecular complexity index is 1260. The zero-order valence-corrected chi connectivity index (χ0v) is 19.0. The fourth-order valence-electron chi connectivity index (χ4n) is 3.80. The molecule has 1 N–H and O–H groups in total. The van der Waals surface area contributed by atoms with Crippen LogP contribution in [0.1, 0.15) is 31.9 Å². The number of carbonyl (C=O) groups is 2. The number of amides is 2. The number of carbonyl (C=O) groups excluding carboxylic acids is 2. The fourth-order valence-corrected chi connectivity index (χ4v) is 3.80. The Morgan fingerprint density at radius 1 is 0.879 bits per heavy atom. The normalized spacial score (nSPS) is 14.2. The molecule has 33 heavy (non-hydrogen) atoms. The van der Waals surface area contributed by atoms with Gasteiger partial charge in [-0.25, -0.2) is 9.29 Å². The number of imide groups is 1. The molecule has 1 aliphatic heterocycles. The molecule has 5 nitrogen and oxygen atoms in total. The summed E-state index contributed by atoms with van der Waals surface area (Å²) in [5, 5.41) is 2.97. The van der Waals surface area contributed by atoms with E-state index in [-0.39, 0.29) is 16.7 Å². The van der Waals surface area contributed by atoms with Gasteiger partial charge >= 0.3 is 0 Å². The van der Waals surface area contributed by atoms with Gasteiger partial charge in [0.05, 0.1) is 18.4 Å². The summed E-state index contributed by atoms with van der Waals surface area (Å²) in [4.78, 5) is 28.3. The van der Waals surface area contributed by atoms with Crippen LogP contribution >= 0.6 is 0 Å². The van der Waals surface area contributed by atoms with Crippen LogP contribution < -0.4 is 15.0 Å². The summed E-state index contributed by atoms with van der Waals surface area (Å²) in [7, 11) is 1.50. The molecule has 3 aromatic rings. The number of hydrogen-bond donors (Lipinski definition) is 1. The molecule has 2 amide bonds. The molecule has 168 valence electrons. The number of methoxy groups -OCH3 is 1. The van der Waals surface area contributed by atoms with Crippen LogP contribution in [-0.2, 0) is 15.0 Å². The van der Waals surface area contributed by atoms with Crippen LogP contribution in [0.3, 0.4) is 0 Å². The van der Waals surface area contributed by atoms with E-state index in [1.165, 1.54) is 25.3 Å². The molecule has 0 aliphatic carbocycles. The van der Waals surface area contributed by atoms with Gasteiger partial charge in [-0.1, -0.05) is 57.2 Å². The SMILES string of the molecule is COc1ccccc1C1=C(Nc2cccc(F)c2)C(=O)N(c2ccc(C(C)(C)C)cc2)C1=O. The van der Waals surface area contributed by atoms with Crippen molar-refractivity contribution in [1.82, 2.24) is 0 Å². The fraction of sp³-hybridized carbons (Fsp3) is 0.185. The summed E-state index contributed by atoms with van der Waals surface area (Å²) in [6.07, 6.45) is 0. The highest BCUT2D eigenvalue weighted by Crippen LogP contribution is 2.38. The molecule has 6 heteroatoms.